The number of hydrogen-bond acceptors (Lipinski definition) is 4. The van der Waals surface area contributed by atoms with Crippen molar-refractivity contribution in [3.05, 3.63) is 46.7 Å². The summed E-state index contributed by atoms with van der Waals surface area (Å²) < 4.78 is 13.6. The van der Waals surface area contributed by atoms with Crippen LogP contribution in [-0.2, 0) is 5.60 Å². The number of thiazole rings is 1. The zero-order chi connectivity index (χ0) is 11.8. The third-order valence-corrected chi connectivity index (χ3v) is 3.44. The standard InChI is InChI=1S/C11H11FN2OS/c1-11(15,9-6-14-10(13)16-9)7-4-2-3-5-8(7)12/h2-6,15H,1H3,(H2,13,14). The summed E-state index contributed by atoms with van der Waals surface area (Å²) in [6, 6.07) is 6.12. The predicted octanol–water partition coefficient (Wildman–Crippen LogP) is 2.12. The predicted molar refractivity (Wildman–Crippen MR) is 61.6 cm³/mol. The minimum Gasteiger partial charge on any atom is -0.380 e. The summed E-state index contributed by atoms with van der Waals surface area (Å²) in [6.07, 6.45) is 1.46. The van der Waals surface area contributed by atoms with Crippen LogP contribution in [0.1, 0.15) is 17.4 Å². The second-order valence-corrected chi connectivity index (χ2v) is 4.68. The Hall–Kier alpha value is -1.46. The van der Waals surface area contributed by atoms with Gasteiger partial charge in [-0.05, 0) is 13.0 Å². The van der Waals surface area contributed by atoms with Gasteiger partial charge >= 0.3 is 0 Å². The van der Waals surface area contributed by atoms with Crippen molar-refractivity contribution in [2.75, 3.05) is 5.73 Å². The first kappa shape index (κ1) is 11.0. The normalized spacial score (nSPS) is 14.7. The fourth-order valence-corrected chi connectivity index (χ4v) is 2.25. The Morgan fingerprint density at radius 1 is 1.44 bits per heavy atom. The molecule has 0 aliphatic heterocycles. The SMILES string of the molecule is CC(O)(c1cnc(N)s1)c1ccccc1F. The first-order valence-electron chi connectivity index (χ1n) is 4.71. The smallest absolute Gasteiger partial charge is 0.180 e. The van der Waals surface area contributed by atoms with E-state index in [0.717, 1.165) is 11.3 Å². The van der Waals surface area contributed by atoms with Crippen molar-refractivity contribution in [1.82, 2.24) is 4.98 Å². The summed E-state index contributed by atoms with van der Waals surface area (Å²) in [5.41, 5.74) is 4.31. The van der Waals surface area contributed by atoms with Gasteiger partial charge in [0.1, 0.15) is 11.4 Å². The fraction of sp³-hybridized carbons (Fsp3) is 0.182. The molecule has 0 radical (unpaired) electrons. The molecule has 3 N–H and O–H groups in total. The van der Waals surface area contributed by atoms with Gasteiger partial charge in [0.25, 0.3) is 0 Å². The molecule has 0 spiro atoms. The number of aliphatic hydroxyl groups is 1. The molecule has 1 atom stereocenters. The Morgan fingerprint density at radius 3 is 2.69 bits per heavy atom. The third-order valence-electron chi connectivity index (χ3n) is 2.40. The summed E-state index contributed by atoms with van der Waals surface area (Å²) in [5.74, 6) is -0.445. The van der Waals surface area contributed by atoms with E-state index in [1.165, 1.54) is 19.2 Å². The summed E-state index contributed by atoms with van der Waals surface area (Å²) in [5, 5.41) is 10.7. The maximum Gasteiger partial charge on any atom is 0.180 e. The third kappa shape index (κ3) is 1.79. The molecular weight excluding hydrogens is 227 g/mol. The number of anilines is 1. The topological polar surface area (TPSA) is 59.1 Å². The van der Waals surface area contributed by atoms with E-state index < -0.39 is 11.4 Å². The van der Waals surface area contributed by atoms with Crippen LogP contribution in [0.15, 0.2) is 30.5 Å². The molecule has 2 rings (SSSR count). The van der Waals surface area contributed by atoms with Crippen LogP contribution in [0.4, 0.5) is 9.52 Å². The minimum atomic E-state index is -1.40. The van der Waals surface area contributed by atoms with Gasteiger partial charge in [0.2, 0.25) is 0 Å². The van der Waals surface area contributed by atoms with Crippen LogP contribution in [0, 0.1) is 5.82 Å². The van der Waals surface area contributed by atoms with Gasteiger partial charge in [0.15, 0.2) is 5.13 Å². The van der Waals surface area contributed by atoms with E-state index >= 15 is 0 Å². The number of nitrogen functional groups attached to an aromatic ring is 1. The Labute approximate surface area is 96.4 Å². The Kier molecular flexibility index (Phi) is 2.65. The molecule has 1 heterocycles. The van der Waals surface area contributed by atoms with Crippen LogP contribution in [-0.4, -0.2) is 10.1 Å². The quantitative estimate of drug-likeness (QED) is 0.842. The molecule has 84 valence electrons. The minimum absolute atomic E-state index is 0.221. The highest BCUT2D eigenvalue weighted by Gasteiger charge is 2.30. The van der Waals surface area contributed by atoms with Gasteiger partial charge < -0.3 is 10.8 Å². The summed E-state index contributed by atoms with van der Waals surface area (Å²) in [7, 11) is 0. The molecule has 16 heavy (non-hydrogen) atoms. The first-order chi connectivity index (χ1) is 7.51. The van der Waals surface area contributed by atoms with Gasteiger partial charge in [0, 0.05) is 11.8 Å². The fourth-order valence-electron chi connectivity index (χ4n) is 1.50. The van der Waals surface area contributed by atoms with Crippen LogP contribution in [0.3, 0.4) is 0 Å². The van der Waals surface area contributed by atoms with Crippen LogP contribution in [0.5, 0.6) is 0 Å². The average molecular weight is 238 g/mol. The van der Waals surface area contributed by atoms with E-state index in [9.17, 15) is 9.50 Å². The molecule has 0 amide bonds. The maximum atomic E-state index is 13.6. The van der Waals surface area contributed by atoms with Crippen LogP contribution >= 0.6 is 11.3 Å². The average Bonchev–Trinajstić information content (AvgIpc) is 2.66. The number of hydrogen-bond donors (Lipinski definition) is 2. The van der Waals surface area contributed by atoms with E-state index in [-0.39, 0.29) is 5.56 Å². The molecule has 0 aliphatic rings. The van der Waals surface area contributed by atoms with Crippen LogP contribution in [0.2, 0.25) is 0 Å². The molecule has 0 bridgehead atoms. The van der Waals surface area contributed by atoms with Crippen molar-refractivity contribution in [2.45, 2.75) is 12.5 Å². The Balaban J connectivity index is 2.50. The number of rotatable bonds is 2. The van der Waals surface area contributed by atoms with Crippen LogP contribution in [0.25, 0.3) is 0 Å². The van der Waals surface area contributed by atoms with E-state index in [1.807, 2.05) is 0 Å². The van der Waals surface area contributed by atoms with Gasteiger partial charge in [-0.1, -0.05) is 29.5 Å². The first-order valence-corrected chi connectivity index (χ1v) is 5.52. The molecule has 0 saturated heterocycles. The number of aromatic nitrogens is 1. The summed E-state index contributed by atoms with van der Waals surface area (Å²) >= 11 is 1.15. The zero-order valence-corrected chi connectivity index (χ0v) is 9.46. The molecule has 3 nitrogen and oxygen atoms in total. The van der Waals surface area contributed by atoms with Crippen molar-refractivity contribution < 1.29 is 9.50 Å². The molecule has 5 heteroatoms. The molecule has 1 unspecified atom stereocenters. The molecule has 0 saturated carbocycles. The van der Waals surface area contributed by atoms with Crippen molar-refractivity contribution in [3.63, 3.8) is 0 Å². The lowest BCUT2D eigenvalue weighted by molar-refractivity contribution is 0.102. The highest BCUT2D eigenvalue weighted by molar-refractivity contribution is 7.15. The molecule has 0 fully saturated rings. The van der Waals surface area contributed by atoms with Crippen molar-refractivity contribution in [3.8, 4) is 0 Å². The summed E-state index contributed by atoms with van der Waals surface area (Å²) in [6.45, 7) is 1.53. The van der Waals surface area contributed by atoms with E-state index in [1.54, 1.807) is 18.2 Å². The summed E-state index contributed by atoms with van der Waals surface area (Å²) in [4.78, 5) is 4.38. The lowest BCUT2D eigenvalue weighted by Gasteiger charge is -2.22. The largest absolute Gasteiger partial charge is 0.380 e. The van der Waals surface area contributed by atoms with E-state index in [4.69, 9.17) is 5.73 Å². The lowest BCUT2D eigenvalue weighted by Crippen LogP contribution is -2.22. The van der Waals surface area contributed by atoms with Crippen LogP contribution < -0.4 is 5.73 Å². The van der Waals surface area contributed by atoms with Crippen molar-refractivity contribution in [2.24, 2.45) is 0 Å². The Morgan fingerprint density at radius 2 is 2.12 bits per heavy atom. The monoisotopic (exact) mass is 238 g/mol. The molecular formula is C11H11FN2OS. The second kappa shape index (κ2) is 3.84. The van der Waals surface area contributed by atoms with Crippen molar-refractivity contribution in [1.29, 1.82) is 0 Å². The van der Waals surface area contributed by atoms with Gasteiger partial charge in [-0.15, -0.1) is 0 Å². The molecule has 1 aromatic heterocycles. The number of nitrogens with zero attached hydrogens (tertiary/aromatic N) is 1. The second-order valence-electron chi connectivity index (χ2n) is 3.61. The van der Waals surface area contributed by atoms with Gasteiger partial charge in [-0.2, -0.15) is 0 Å². The number of benzene rings is 1. The van der Waals surface area contributed by atoms with Gasteiger partial charge in [0.05, 0.1) is 4.88 Å². The number of nitrogens with two attached hydrogens (primary N) is 1. The number of halogens is 1. The molecule has 2 aromatic rings. The molecule has 0 aliphatic carbocycles. The highest BCUT2D eigenvalue weighted by Crippen LogP contribution is 2.34. The highest BCUT2D eigenvalue weighted by atomic mass is 32.1. The van der Waals surface area contributed by atoms with Gasteiger partial charge in [-0.25, -0.2) is 9.37 Å². The van der Waals surface area contributed by atoms with Crippen molar-refractivity contribution >= 4 is 16.5 Å². The Bertz CT molecular complexity index is 510. The maximum absolute atomic E-state index is 13.6. The van der Waals surface area contributed by atoms with Gasteiger partial charge in [-0.3, -0.25) is 0 Å². The zero-order valence-electron chi connectivity index (χ0n) is 8.64. The lowest BCUT2D eigenvalue weighted by atomic mass is 9.94. The van der Waals surface area contributed by atoms with E-state index in [0.29, 0.717) is 10.0 Å². The van der Waals surface area contributed by atoms with E-state index in [2.05, 4.69) is 4.98 Å². The molecule has 1 aromatic carbocycles.